The molecule has 104 valence electrons. The number of hydrogen-bond acceptors (Lipinski definition) is 4. The number of piperidine rings is 1. The molecule has 0 radical (unpaired) electrons. The van der Waals surface area contributed by atoms with Crippen LogP contribution in [0.1, 0.15) is 44.2 Å². The third-order valence-electron chi connectivity index (χ3n) is 3.59. The van der Waals surface area contributed by atoms with Crippen LogP contribution in [0.4, 0.5) is 0 Å². The molecular formula is C15H22N2O2. The summed E-state index contributed by atoms with van der Waals surface area (Å²) in [7, 11) is 0. The smallest absolute Gasteiger partial charge is 0.307 e. The molecule has 0 unspecified atom stereocenters. The van der Waals surface area contributed by atoms with Gasteiger partial charge in [0.1, 0.15) is 0 Å². The van der Waals surface area contributed by atoms with Gasteiger partial charge >= 0.3 is 5.97 Å². The highest BCUT2D eigenvalue weighted by molar-refractivity contribution is 5.69. The maximum Gasteiger partial charge on any atom is 0.307 e. The van der Waals surface area contributed by atoms with Gasteiger partial charge in [0.05, 0.1) is 13.0 Å². The van der Waals surface area contributed by atoms with E-state index in [2.05, 4.69) is 16.0 Å². The maximum absolute atomic E-state index is 11.5. The highest BCUT2D eigenvalue weighted by atomic mass is 16.5. The first-order valence-electron chi connectivity index (χ1n) is 7.11. The summed E-state index contributed by atoms with van der Waals surface area (Å²) in [6.45, 7) is 4.14. The summed E-state index contributed by atoms with van der Waals surface area (Å²) in [5.41, 5.74) is 1.26. The van der Waals surface area contributed by atoms with Crippen molar-refractivity contribution < 1.29 is 9.53 Å². The van der Waals surface area contributed by atoms with E-state index in [0.29, 0.717) is 19.1 Å². The first-order valence-corrected chi connectivity index (χ1v) is 7.11. The Hall–Kier alpha value is -1.42. The molecule has 0 bridgehead atoms. The molecule has 0 N–H and O–H groups in total. The van der Waals surface area contributed by atoms with Crippen LogP contribution in [0.2, 0.25) is 0 Å². The molecule has 0 spiro atoms. The largest absolute Gasteiger partial charge is 0.466 e. The standard InChI is InChI=1S/C15H22N2O2/c1-2-19-15(18)8-11-17-10-4-3-7-14(17)13-6-5-9-16-12-13/h5-6,9,12,14H,2-4,7-8,10-11H2,1H3/t14-/m1/s1. The van der Waals surface area contributed by atoms with Gasteiger partial charge in [-0.25, -0.2) is 0 Å². The first-order chi connectivity index (χ1) is 9.31. The minimum atomic E-state index is -0.0991. The van der Waals surface area contributed by atoms with E-state index < -0.39 is 0 Å². The summed E-state index contributed by atoms with van der Waals surface area (Å²) < 4.78 is 5.00. The van der Waals surface area contributed by atoms with Crippen molar-refractivity contribution in [3.05, 3.63) is 30.1 Å². The molecule has 1 fully saturated rings. The van der Waals surface area contributed by atoms with E-state index in [9.17, 15) is 4.79 Å². The Kier molecular flexibility index (Phi) is 5.33. The van der Waals surface area contributed by atoms with Gasteiger partial charge in [0.25, 0.3) is 0 Å². The Morgan fingerprint density at radius 2 is 2.42 bits per heavy atom. The van der Waals surface area contributed by atoms with Crippen molar-refractivity contribution in [1.29, 1.82) is 0 Å². The third kappa shape index (κ3) is 4.03. The number of likely N-dealkylation sites (tertiary alicyclic amines) is 1. The molecule has 4 nitrogen and oxygen atoms in total. The quantitative estimate of drug-likeness (QED) is 0.765. The summed E-state index contributed by atoms with van der Waals surface area (Å²) in [5.74, 6) is -0.0991. The molecule has 1 atom stereocenters. The van der Waals surface area contributed by atoms with E-state index in [0.717, 1.165) is 19.5 Å². The predicted octanol–water partition coefficient (Wildman–Crippen LogP) is 2.56. The molecule has 1 aliphatic heterocycles. The topological polar surface area (TPSA) is 42.4 Å². The van der Waals surface area contributed by atoms with Crippen LogP contribution < -0.4 is 0 Å². The third-order valence-corrected chi connectivity index (χ3v) is 3.59. The van der Waals surface area contributed by atoms with E-state index in [1.54, 1.807) is 6.20 Å². The van der Waals surface area contributed by atoms with Crippen LogP contribution in [0.5, 0.6) is 0 Å². The molecule has 1 saturated heterocycles. The molecule has 2 heterocycles. The SMILES string of the molecule is CCOC(=O)CCN1CCCC[C@@H]1c1cccnc1. The van der Waals surface area contributed by atoms with Gasteiger partial charge in [-0.2, -0.15) is 0 Å². The van der Waals surface area contributed by atoms with Gasteiger partial charge in [-0.1, -0.05) is 12.5 Å². The van der Waals surface area contributed by atoms with Gasteiger partial charge in [0.15, 0.2) is 0 Å². The number of aromatic nitrogens is 1. The van der Waals surface area contributed by atoms with Crippen molar-refractivity contribution >= 4 is 5.97 Å². The lowest BCUT2D eigenvalue weighted by Gasteiger charge is -2.35. The van der Waals surface area contributed by atoms with Crippen LogP contribution in [-0.4, -0.2) is 35.5 Å². The summed E-state index contributed by atoms with van der Waals surface area (Å²) in [6.07, 6.45) is 7.82. The zero-order chi connectivity index (χ0) is 13.5. The summed E-state index contributed by atoms with van der Waals surface area (Å²) >= 11 is 0. The molecule has 0 aliphatic carbocycles. The van der Waals surface area contributed by atoms with E-state index in [-0.39, 0.29) is 5.97 Å². The van der Waals surface area contributed by atoms with Crippen molar-refractivity contribution in [3.8, 4) is 0 Å². The molecule has 0 amide bonds. The van der Waals surface area contributed by atoms with Crippen LogP contribution in [0, 0.1) is 0 Å². The Morgan fingerprint density at radius 1 is 1.53 bits per heavy atom. The zero-order valence-electron chi connectivity index (χ0n) is 11.5. The Bertz CT molecular complexity index is 394. The second-order valence-electron chi connectivity index (χ2n) is 4.89. The van der Waals surface area contributed by atoms with Crippen LogP contribution in [0.3, 0.4) is 0 Å². The van der Waals surface area contributed by atoms with Crippen LogP contribution in [0.25, 0.3) is 0 Å². The van der Waals surface area contributed by atoms with Crippen LogP contribution >= 0.6 is 0 Å². The number of carbonyl (C=O) groups excluding carboxylic acids is 1. The van der Waals surface area contributed by atoms with E-state index in [1.807, 2.05) is 19.2 Å². The monoisotopic (exact) mass is 262 g/mol. The Morgan fingerprint density at radius 3 is 3.16 bits per heavy atom. The number of ether oxygens (including phenoxy) is 1. The molecule has 2 rings (SSSR count). The fourth-order valence-electron chi connectivity index (χ4n) is 2.68. The van der Waals surface area contributed by atoms with E-state index in [4.69, 9.17) is 4.74 Å². The van der Waals surface area contributed by atoms with Crippen LogP contribution in [-0.2, 0) is 9.53 Å². The van der Waals surface area contributed by atoms with Gasteiger partial charge in [0.2, 0.25) is 0 Å². The van der Waals surface area contributed by atoms with Crippen molar-refractivity contribution in [2.75, 3.05) is 19.7 Å². The fraction of sp³-hybridized carbons (Fsp3) is 0.600. The summed E-state index contributed by atoms with van der Waals surface area (Å²) in [4.78, 5) is 18.1. The molecule has 4 heteroatoms. The van der Waals surface area contributed by atoms with Gasteiger partial charge in [-0.3, -0.25) is 14.7 Å². The van der Waals surface area contributed by atoms with Gasteiger partial charge < -0.3 is 4.74 Å². The summed E-state index contributed by atoms with van der Waals surface area (Å²) in [6, 6.07) is 4.50. The molecule has 1 aliphatic rings. The first kappa shape index (κ1) is 14.0. The molecular weight excluding hydrogens is 240 g/mol. The second kappa shape index (κ2) is 7.24. The lowest BCUT2D eigenvalue weighted by molar-refractivity contribution is -0.143. The number of pyridine rings is 1. The van der Waals surface area contributed by atoms with E-state index in [1.165, 1.54) is 18.4 Å². The highest BCUT2D eigenvalue weighted by Gasteiger charge is 2.24. The molecule has 0 aromatic carbocycles. The van der Waals surface area contributed by atoms with E-state index >= 15 is 0 Å². The minimum Gasteiger partial charge on any atom is -0.466 e. The minimum absolute atomic E-state index is 0.0991. The highest BCUT2D eigenvalue weighted by Crippen LogP contribution is 2.30. The maximum atomic E-state index is 11.5. The normalized spacial score (nSPS) is 20.2. The average molecular weight is 262 g/mol. The van der Waals surface area contributed by atoms with Gasteiger partial charge in [-0.15, -0.1) is 0 Å². The lowest BCUT2D eigenvalue weighted by atomic mass is 9.96. The average Bonchev–Trinajstić information content (AvgIpc) is 2.47. The predicted molar refractivity (Wildman–Crippen MR) is 73.7 cm³/mol. The molecule has 1 aromatic rings. The Balaban J connectivity index is 1.95. The summed E-state index contributed by atoms with van der Waals surface area (Å²) in [5, 5.41) is 0. The van der Waals surface area contributed by atoms with Crippen molar-refractivity contribution in [2.45, 2.75) is 38.6 Å². The lowest BCUT2D eigenvalue weighted by Crippen LogP contribution is -2.35. The number of rotatable bonds is 5. The molecule has 0 saturated carbocycles. The number of esters is 1. The fourth-order valence-corrected chi connectivity index (χ4v) is 2.68. The Labute approximate surface area is 114 Å². The molecule has 19 heavy (non-hydrogen) atoms. The molecule has 1 aromatic heterocycles. The van der Waals surface area contributed by atoms with Crippen molar-refractivity contribution in [1.82, 2.24) is 9.88 Å². The number of nitrogens with zero attached hydrogens (tertiary/aromatic N) is 2. The number of carbonyl (C=O) groups is 1. The van der Waals surface area contributed by atoms with Crippen molar-refractivity contribution in [2.24, 2.45) is 0 Å². The second-order valence-corrected chi connectivity index (χ2v) is 4.89. The number of hydrogen-bond donors (Lipinski definition) is 0. The zero-order valence-corrected chi connectivity index (χ0v) is 11.5. The van der Waals surface area contributed by atoms with Crippen LogP contribution in [0.15, 0.2) is 24.5 Å². The van der Waals surface area contributed by atoms with Gasteiger partial charge in [0, 0.05) is 25.0 Å². The van der Waals surface area contributed by atoms with Crippen molar-refractivity contribution in [3.63, 3.8) is 0 Å². The van der Waals surface area contributed by atoms with Gasteiger partial charge in [-0.05, 0) is 37.9 Å².